The maximum absolute atomic E-state index is 13.2. The highest BCUT2D eigenvalue weighted by molar-refractivity contribution is 5.76. The van der Waals surface area contributed by atoms with E-state index in [0.29, 0.717) is 29.7 Å². The first kappa shape index (κ1) is 20.3. The van der Waals surface area contributed by atoms with Crippen molar-refractivity contribution in [2.45, 2.75) is 89.8 Å². The Morgan fingerprint density at radius 2 is 1.87 bits per heavy atom. The molecule has 2 bridgehead atoms. The van der Waals surface area contributed by atoms with Gasteiger partial charge in [-0.1, -0.05) is 38.5 Å². The third-order valence-electron chi connectivity index (χ3n) is 8.49. The fourth-order valence-corrected chi connectivity index (χ4v) is 7.12. The van der Waals surface area contributed by atoms with Crippen molar-refractivity contribution in [2.24, 2.45) is 17.8 Å². The Morgan fingerprint density at radius 1 is 1.10 bits per heavy atom. The van der Waals surface area contributed by atoms with Crippen LogP contribution < -0.4 is 5.73 Å². The molecular formula is C24H39N5O. The minimum atomic E-state index is 0.195. The predicted molar refractivity (Wildman–Crippen MR) is 119 cm³/mol. The molecule has 1 amide bonds. The Kier molecular flexibility index (Phi) is 5.78. The minimum absolute atomic E-state index is 0.195. The normalized spacial score (nSPS) is 32.8. The lowest BCUT2D eigenvalue weighted by Crippen LogP contribution is -2.64. The van der Waals surface area contributed by atoms with Gasteiger partial charge in [-0.05, 0) is 56.9 Å². The molecule has 30 heavy (non-hydrogen) atoms. The molecule has 2 N–H and O–H groups in total. The van der Waals surface area contributed by atoms with Crippen LogP contribution in [0.3, 0.4) is 0 Å². The van der Waals surface area contributed by atoms with Gasteiger partial charge in [0, 0.05) is 31.2 Å². The zero-order valence-electron chi connectivity index (χ0n) is 18.6. The highest BCUT2D eigenvalue weighted by Crippen LogP contribution is 2.44. The van der Waals surface area contributed by atoms with Crippen molar-refractivity contribution >= 4 is 11.7 Å². The molecule has 0 spiro atoms. The van der Waals surface area contributed by atoms with E-state index >= 15 is 0 Å². The Bertz CT molecular complexity index is 755. The van der Waals surface area contributed by atoms with Crippen LogP contribution >= 0.6 is 0 Å². The number of likely N-dealkylation sites (tertiary alicyclic amines) is 1. The number of nitrogens with zero attached hydrogens (tertiary/aromatic N) is 4. The standard InChI is InChI=1S/C24H39N5O/c1-17-11-23(25)29(26-17)16-24(30)27-14-19-13-20(15-27)22(12-18-7-3-2-4-8-18)28-10-6-5-9-21(19)28/h11,18-22H,2-10,12-16,25H2,1H3/t19-,20+,21+,22+/m1/s1. The SMILES string of the molecule is Cc1cc(N)n(CC(=O)N2C[C@H]3C[C@@H](C2)[C@H](CC2CCCCC2)N2CCCC[C@@H]32)n1. The molecule has 1 saturated carbocycles. The highest BCUT2D eigenvalue weighted by Gasteiger charge is 2.48. The number of nitrogens with two attached hydrogens (primary N) is 1. The predicted octanol–water partition coefficient (Wildman–Crippen LogP) is 3.45. The summed E-state index contributed by atoms with van der Waals surface area (Å²) in [4.78, 5) is 18.3. The number of anilines is 1. The number of aryl methyl sites for hydroxylation is 1. The van der Waals surface area contributed by atoms with Gasteiger partial charge < -0.3 is 10.6 Å². The Labute approximate surface area is 181 Å². The molecule has 4 heterocycles. The van der Waals surface area contributed by atoms with Crippen LogP contribution in [-0.2, 0) is 11.3 Å². The molecule has 166 valence electrons. The number of carbonyl (C=O) groups excluding carboxylic acids is 1. The van der Waals surface area contributed by atoms with E-state index in [0.717, 1.165) is 24.7 Å². The second-order valence-electron chi connectivity index (χ2n) is 10.5. The topological polar surface area (TPSA) is 67.4 Å². The fraction of sp³-hybridized carbons (Fsp3) is 0.833. The minimum Gasteiger partial charge on any atom is -0.384 e. The molecule has 6 nitrogen and oxygen atoms in total. The van der Waals surface area contributed by atoms with Crippen molar-refractivity contribution in [3.8, 4) is 0 Å². The average Bonchev–Trinajstić information content (AvgIpc) is 3.08. The van der Waals surface area contributed by atoms with Gasteiger partial charge >= 0.3 is 0 Å². The molecule has 4 aliphatic rings. The van der Waals surface area contributed by atoms with Gasteiger partial charge in [-0.3, -0.25) is 9.69 Å². The average molecular weight is 414 g/mol. The third-order valence-corrected chi connectivity index (χ3v) is 8.49. The smallest absolute Gasteiger partial charge is 0.244 e. The first-order valence-corrected chi connectivity index (χ1v) is 12.4. The van der Waals surface area contributed by atoms with Crippen molar-refractivity contribution in [1.82, 2.24) is 19.6 Å². The zero-order chi connectivity index (χ0) is 20.7. The first-order valence-electron chi connectivity index (χ1n) is 12.4. The van der Waals surface area contributed by atoms with Gasteiger partial charge in [0.05, 0.1) is 5.69 Å². The van der Waals surface area contributed by atoms with Crippen LogP contribution in [0.25, 0.3) is 0 Å². The third kappa shape index (κ3) is 4.00. The summed E-state index contributed by atoms with van der Waals surface area (Å²) in [5.74, 6) is 2.97. The number of aromatic nitrogens is 2. The largest absolute Gasteiger partial charge is 0.384 e. The van der Waals surface area contributed by atoms with E-state index < -0.39 is 0 Å². The number of hydrogen-bond acceptors (Lipinski definition) is 4. The van der Waals surface area contributed by atoms with Crippen molar-refractivity contribution in [1.29, 1.82) is 0 Å². The van der Waals surface area contributed by atoms with Crippen LogP contribution in [0, 0.1) is 24.7 Å². The van der Waals surface area contributed by atoms with Crippen LogP contribution in [0.4, 0.5) is 5.82 Å². The van der Waals surface area contributed by atoms with E-state index in [1.54, 1.807) is 4.68 Å². The van der Waals surface area contributed by atoms with Gasteiger partial charge in [0.2, 0.25) is 5.91 Å². The molecule has 4 atom stereocenters. The zero-order valence-corrected chi connectivity index (χ0v) is 18.6. The van der Waals surface area contributed by atoms with Crippen LogP contribution in [0.15, 0.2) is 6.07 Å². The summed E-state index contributed by atoms with van der Waals surface area (Å²) in [5.41, 5.74) is 6.92. The lowest BCUT2D eigenvalue weighted by molar-refractivity contribution is -0.142. The molecule has 0 radical (unpaired) electrons. The maximum atomic E-state index is 13.2. The number of carbonyl (C=O) groups is 1. The maximum Gasteiger partial charge on any atom is 0.244 e. The van der Waals surface area contributed by atoms with E-state index in [1.807, 2.05) is 13.0 Å². The monoisotopic (exact) mass is 413 g/mol. The van der Waals surface area contributed by atoms with Gasteiger partial charge in [-0.25, -0.2) is 4.68 Å². The summed E-state index contributed by atoms with van der Waals surface area (Å²) in [6.07, 6.45) is 13.8. The molecule has 0 aromatic carbocycles. The van der Waals surface area contributed by atoms with E-state index in [2.05, 4.69) is 14.9 Å². The summed E-state index contributed by atoms with van der Waals surface area (Å²) in [6.45, 7) is 5.34. The molecule has 4 fully saturated rings. The molecule has 3 saturated heterocycles. The summed E-state index contributed by atoms with van der Waals surface area (Å²) >= 11 is 0. The molecule has 1 aromatic heterocycles. The highest BCUT2D eigenvalue weighted by atomic mass is 16.2. The van der Waals surface area contributed by atoms with E-state index in [9.17, 15) is 4.79 Å². The molecule has 5 rings (SSSR count). The van der Waals surface area contributed by atoms with Crippen LogP contribution in [0.1, 0.15) is 69.9 Å². The van der Waals surface area contributed by atoms with Crippen molar-refractivity contribution in [3.63, 3.8) is 0 Å². The second kappa shape index (κ2) is 8.52. The number of nitrogen functional groups attached to an aromatic ring is 1. The number of fused-ring (bicyclic) bond motifs is 4. The van der Waals surface area contributed by atoms with Crippen LogP contribution in [0.2, 0.25) is 0 Å². The van der Waals surface area contributed by atoms with Gasteiger partial charge in [-0.2, -0.15) is 5.10 Å². The van der Waals surface area contributed by atoms with Gasteiger partial charge in [0.1, 0.15) is 12.4 Å². The van der Waals surface area contributed by atoms with Gasteiger partial charge in [0.15, 0.2) is 0 Å². The molecule has 1 aliphatic carbocycles. The van der Waals surface area contributed by atoms with Crippen molar-refractivity contribution < 1.29 is 4.79 Å². The second-order valence-corrected chi connectivity index (χ2v) is 10.5. The molecule has 3 aliphatic heterocycles. The number of piperidine rings is 3. The van der Waals surface area contributed by atoms with Gasteiger partial charge in [0.25, 0.3) is 0 Å². The van der Waals surface area contributed by atoms with Crippen molar-refractivity contribution in [2.75, 3.05) is 25.4 Å². The van der Waals surface area contributed by atoms with Crippen LogP contribution in [0.5, 0.6) is 0 Å². The first-order chi connectivity index (χ1) is 14.6. The van der Waals surface area contributed by atoms with E-state index in [4.69, 9.17) is 5.73 Å². The summed E-state index contributed by atoms with van der Waals surface area (Å²) < 4.78 is 1.68. The van der Waals surface area contributed by atoms with Crippen molar-refractivity contribution in [3.05, 3.63) is 11.8 Å². The Balaban J connectivity index is 1.32. The molecule has 6 heteroatoms. The quantitative estimate of drug-likeness (QED) is 0.821. The molecule has 1 aromatic rings. The van der Waals surface area contributed by atoms with E-state index in [1.165, 1.54) is 70.8 Å². The van der Waals surface area contributed by atoms with E-state index in [-0.39, 0.29) is 12.5 Å². The summed E-state index contributed by atoms with van der Waals surface area (Å²) in [7, 11) is 0. The number of amides is 1. The number of hydrogen-bond donors (Lipinski definition) is 1. The summed E-state index contributed by atoms with van der Waals surface area (Å²) in [6, 6.07) is 3.22. The molecule has 0 unspecified atom stereocenters. The fourth-order valence-electron chi connectivity index (χ4n) is 7.12. The lowest BCUT2D eigenvalue weighted by Gasteiger charge is -2.57. The summed E-state index contributed by atoms with van der Waals surface area (Å²) in [5, 5.41) is 4.41. The number of rotatable bonds is 4. The lowest BCUT2D eigenvalue weighted by atomic mass is 9.69. The molecular weight excluding hydrogens is 374 g/mol. The Hall–Kier alpha value is -1.56. The Morgan fingerprint density at radius 3 is 2.63 bits per heavy atom. The van der Waals surface area contributed by atoms with Gasteiger partial charge in [-0.15, -0.1) is 0 Å². The van der Waals surface area contributed by atoms with Crippen LogP contribution in [-0.4, -0.2) is 57.2 Å².